The number of carbonyl (C=O) groups excluding carboxylic acids is 1. The highest BCUT2D eigenvalue weighted by Gasteiger charge is 2.22. The average molecular weight is 490 g/mol. The second kappa shape index (κ2) is 9.25. The van der Waals surface area contributed by atoms with Crippen molar-refractivity contribution < 1.29 is 23.1 Å². The van der Waals surface area contributed by atoms with Gasteiger partial charge in [-0.05, 0) is 48.0 Å². The first-order valence-electron chi connectivity index (χ1n) is 11.8. The molecule has 1 saturated heterocycles. The Bertz CT molecular complexity index is 1500. The van der Waals surface area contributed by atoms with Gasteiger partial charge in [-0.15, -0.1) is 0 Å². The predicted octanol–water partition coefficient (Wildman–Crippen LogP) is 3.47. The van der Waals surface area contributed by atoms with Crippen molar-refractivity contribution >= 4 is 16.9 Å². The first kappa shape index (κ1) is 22.5. The van der Waals surface area contributed by atoms with E-state index in [1.54, 1.807) is 22.8 Å². The van der Waals surface area contributed by atoms with Gasteiger partial charge in [0.2, 0.25) is 6.79 Å². The minimum absolute atomic E-state index is 0.0164. The predicted molar refractivity (Wildman–Crippen MR) is 130 cm³/mol. The van der Waals surface area contributed by atoms with E-state index in [1.165, 1.54) is 29.8 Å². The van der Waals surface area contributed by atoms with Crippen LogP contribution in [0.3, 0.4) is 0 Å². The Kier molecular flexibility index (Phi) is 5.79. The summed E-state index contributed by atoms with van der Waals surface area (Å²) in [5.41, 5.74) is 2.34. The van der Waals surface area contributed by atoms with Crippen molar-refractivity contribution in [3.05, 3.63) is 93.7 Å². The third-order valence-corrected chi connectivity index (χ3v) is 6.70. The normalized spacial score (nSPS) is 16.0. The number of hydrogen-bond donors (Lipinski definition) is 0. The fraction of sp³-hybridized carbons (Fsp3) is 0.259. The van der Waals surface area contributed by atoms with Crippen molar-refractivity contribution in [2.75, 3.05) is 33.0 Å². The zero-order valence-electron chi connectivity index (χ0n) is 19.5. The molecule has 0 bridgehead atoms. The summed E-state index contributed by atoms with van der Waals surface area (Å²) in [6.45, 7) is 4.80. The Balaban J connectivity index is 1.12. The maximum Gasteiger partial charge on any atom is 0.421 e. The van der Waals surface area contributed by atoms with Gasteiger partial charge in [-0.25, -0.2) is 9.18 Å². The van der Waals surface area contributed by atoms with Crippen LogP contribution in [-0.4, -0.2) is 53.1 Å². The van der Waals surface area contributed by atoms with Gasteiger partial charge >= 0.3 is 5.76 Å². The van der Waals surface area contributed by atoms with Crippen LogP contribution in [0.5, 0.6) is 11.5 Å². The van der Waals surface area contributed by atoms with E-state index < -0.39 is 17.4 Å². The average Bonchev–Trinajstić information content (AvgIpc) is 3.48. The largest absolute Gasteiger partial charge is 0.454 e. The van der Waals surface area contributed by atoms with E-state index in [4.69, 9.17) is 13.9 Å². The Morgan fingerprint density at radius 2 is 1.67 bits per heavy atom. The number of halogens is 1. The molecule has 0 N–H and O–H groups in total. The summed E-state index contributed by atoms with van der Waals surface area (Å²) in [5, 5.41) is 0. The van der Waals surface area contributed by atoms with Gasteiger partial charge in [-0.2, -0.15) is 0 Å². The van der Waals surface area contributed by atoms with E-state index in [0.29, 0.717) is 17.8 Å². The van der Waals surface area contributed by atoms with E-state index in [1.807, 2.05) is 12.1 Å². The second-order valence-electron chi connectivity index (χ2n) is 9.01. The monoisotopic (exact) mass is 489 g/mol. The molecule has 0 saturated carbocycles. The zero-order chi connectivity index (χ0) is 24.6. The van der Waals surface area contributed by atoms with Crippen LogP contribution < -0.4 is 15.2 Å². The Labute approximate surface area is 206 Å². The summed E-state index contributed by atoms with van der Waals surface area (Å²) in [6.07, 6.45) is 0. The number of hydrogen-bond acceptors (Lipinski definition) is 7. The topological polar surface area (TPSA) is 77.2 Å². The van der Waals surface area contributed by atoms with Gasteiger partial charge in [0.1, 0.15) is 5.82 Å². The van der Waals surface area contributed by atoms with E-state index in [0.717, 1.165) is 44.2 Å². The van der Waals surface area contributed by atoms with Gasteiger partial charge in [0.25, 0.3) is 0 Å². The van der Waals surface area contributed by atoms with Crippen molar-refractivity contribution in [2.45, 2.75) is 13.2 Å². The molecule has 0 aliphatic carbocycles. The number of ketones is 1. The van der Waals surface area contributed by atoms with Gasteiger partial charge in [-0.1, -0.05) is 18.2 Å². The lowest BCUT2D eigenvalue weighted by atomic mass is 10.0. The SMILES string of the molecule is O=C(c1ccc2c(c1)oc(=O)n2CN1CCN(Cc2ccc3c(c2)OCO3)CC1)c1ccccc1F. The van der Waals surface area contributed by atoms with Gasteiger partial charge in [0.05, 0.1) is 17.7 Å². The highest BCUT2D eigenvalue weighted by Crippen LogP contribution is 2.33. The molecule has 8 nitrogen and oxygen atoms in total. The maximum atomic E-state index is 14.1. The summed E-state index contributed by atoms with van der Waals surface area (Å²) in [6, 6.07) is 16.7. The zero-order valence-corrected chi connectivity index (χ0v) is 19.5. The smallest absolute Gasteiger partial charge is 0.421 e. The molecule has 2 aliphatic heterocycles. The van der Waals surface area contributed by atoms with Crippen molar-refractivity contribution in [1.29, 1.82) is 0 Å². The lowest BCUT2D eigenvalue weighted by molar-refractivity contribution is 0.102. The molecule has 36 heavy (non-hydrogen) atoms. The van der Waals surface area contributed by atoms with E-state index in [-0.39, 0.29) is 17.9 Å². The molecule has 4 aromatic rings. The molecule has 6 rings (SSSR count). The van der Waals surface area contributed by atoms with Crippen molar-refractivity contribution in [2.24, 2.45) is 0 Å². The Hall–Kier alpha value is -3.95. The molecule has 0 atom stereocenters. The highest BCUT2D eigenvalue weighted by atomic mass is 19.1. The lowest BCUT2D eigenvalue weighted by Gasteiger charge is -2.34. The molecule has 2 aliphatic rings. The summed E-state index contributed by atoms with van der Waals surface area (Å²) in [7, 11) is 0. The standard InChI is InChI=1S/C27H24FN3O5/c28-21-4-2-1-3-20(21)26(32)19-6-7-22-24(14-19)36-27(33)31(22)16-30-11-9-29(10-12-30)15-18-5-8-23-25(13-18)35-17-34-23/h1-8,13-14H,9-12,15-17H2. The summed E-state index contributed by atoms with van der Waals surface area (Å²) < 4.78 is 31.9. The Morgan fingerprint density at radius 1 is 0.889 bits per heavy atom. The molecule has 0 amide bonds. The third-order valence-electron chi connectivity index (χ3n) is 6.70. The van der Waals surface area contributed by atoms with Gasteiger partial charge in [0, 0.05) is 38.3 Å². The van der Waals surface area contributed by atoms with Crippen LogP contribution in [0.1, 0.15) is 21.5 Å². The van der Waals surface area contributed by atoms with E-state index in [9.17, 15) is 14.0 Å². The van der Waals surface area contributed by atoms with Crippen molar-refractivity contribution in [1.82, 2.24) is 14.4 Å². The third kappa shape index (κ3) is 4.27. The molecule has 3 aromatic carbocycles. The summed E-state index contributed by atoms with van der Waals surface area (Å²) in [4.78, 5) is 29.9. The fourth-order valence-electron chi connectivity index (χ4n) is 4.73. The molecule has 0 unspecified atom stereocenters. The Morgan fingerprint density at radius 3 is 2.50 bits per heavy atom. The number of piperazine rings is 1. The molecular weight excluding hydrogens is 465 g/mol. The van der Waals surface area contributed by atoms with Crippen LogP contribution in [0.2, 0.25) is 0 Å². The highest BCUT2D eigenvalue weighted by molar-refractivity contribution is 6.10. The van der Waals surface area contributed by atoms with Crippen LogP contribution in [0, 0.1) is 5.82 Å². The van der Waals surface area contributed by atoms with Crippen LogP contribution in [0.4, 0.5) is 4.39 Å². The molecule has 9 heteroatoms. The summed E-state index contributed by atoms with van der Waals surface area (Å²) in [5.74, 6) is 0.0488. The van der Waals surface area contributed by atoms with Crippen LogP contribution in [-0.2, 0) is 13.2 Å². The number of rotatable bonds is 6. The minimum Gasteiger partial charge on any atom is -0.454 e. The number of fused-ring (bicyclic) bond motifs is 2. The molecular formula is C27H24FN3O5. The molecule has 3 heterocycles. The first-order valence-corrected chi connectivity index (χ1v) is 11.8. The van der Waals surface area contributed by atoms with Crippen LogP contribution in [0.15, 0.2) is 69.9 Å². The van der Waals surface area contributed by atoms with Gasteiger partial charge in [0.15, 0.2) is 22.9 Å². The fourth-order valence-corrected chi connectivity index (χ4v) is 4.73. The van der Waals surface area contributed by atoms with Crippen molar-refractivity contribution in [3.63, 3.8) is 0 Å². The molecule has 1 fully saturated rings. The van der Waals surface area contributed by atoms with E-state index >= 15 is 0 Å². The minimum atomic E-state index is -0.584. The maximum absolute atomic E-state index is 14.1. The lowest BCUT2D eigenvalue weighted by Crippen LogP contribution is -2.47. The van der Waals surface area contributed by atoms with Gasteiger partial charge in [-0.3, -0.25) is 19.2 Å². The van der Waals surface area contributed by atoms with Crippen LogP contribution >= 0.6 is 0 Å². The first-order chi connectivity index (χ1) is 17.5. The molecule has 0 radical (unpaired) electrons. The number of ether oxygens (including phenoxy) is 2. The van der Waals surface area contributed by atoms with Gasteiger partial charge < -0.3 is 13.9 Å². The quantitative estimate of drug-likeness (QED) is 0.384. The number of benzene rings is 3. The summed E-state index contributed by atoms with van der Waals surface area (Å²) >= 11 is 0. The molecule has 0 spiro atoms. The molecule has 184 valence electrons. The van der Waals surface area contributed by atoms with Crippen LogP contribution in [0.25, 0.3) is 11.1 Å². The number of oxazole rings is 1. The van der Waals surface area contributed by atoms with Crippen molar-refractivity contribution in [3.8, 4) is 11.5 Å². The number of aromatic nitrogens is 1. The number of nitrogens with zero attached hydrogens (tertiary/aromatic N) is 3. The van der Waals surface area contributed by atoms with E-state index in [2.05, 4.69) is 15.9 Å². The number of carbonyl (C=O) groups is 1. The second-order valence-corrected chi connectivity index (χ2v) is 9.01. The molecule has 1 aromatic heterocycles.